The Balaban J connectivity index is 0.669. The monoisotopic (exact) mass is 1230 g/mol. The molecule has 7 aromatic rings. The number of hydrogen-bond donors (Lipinski definition) is 5. The molecule has 5 N–H and O–H groups in total. The fourth-order valence-electron chi connectivity index (χ4n) is 10.5. The first-order valence-corrected chi connectivity index (χ1v) is 30.1. The number of carbonyl (C=O) groups is 4. The minimum atomic E-state index is -0.997. The molecule has 2 fully saturated rings. The third kappa shape index (κ3) is 16.0. The number of amides is 4. The van der Waals surface area contributed by atoms with E-state index < -0.39 is 41.2 Å². The number of carbonyl (C=O) groups excluding carboxylic acids is 4. The summed E-state index contributed by atoms with van der Waals surface area (Å²) in [7, 11) is 0. The number of thiazole rings is 1. The molecule has 23 heteroatoms. The van der Waals surface area contributed by atoms with Crippen LogP contribution in [0.4, 0.5) is 21.8 Å². The molecule has 0 saturated carbocycles. The van der Waals surface area contributed by atoms with Gasteiger partial charge in [-0.05, 0) is 95.3 Å². The number of aromatic hydroxyl groups is 1. The molecular weight excluding hydrogens is 1160 g/mol. The summed E-state index contributed by atoms with van der Waals surface area (Å²) in [5.74, 6) is -1.09. The zero-order valence-corrected chi connectivity index (χ0v) is 50.9. The minimum Gasteiger partial charge on any atom is -0.508 e. The molecule has 0 radical (unpaired) electrons. The Kier molecular flexibility index (Phi) is 21.4. The van der Waals surface area contributed by atoms with Crippen LogP contribution in [-0.4, -0.2) is 169 Å². The second-order valence-corrected chi connectivity index (χ2v) is 23.6. The number of nitrogens with one attached hydrogen (secondary N) is 3. The van der Waals surface area contributed by atoms with Gasteiger partial charge in [0.1, 0.15) is 48.1 Å². The van der Waals surface area contributed by atoms with Gasteiger partial charge in [-0.3, -0.25) is 19.2 Å². The number of fused-ring (bicyclic) bond motifs is 2. The van der Waals surface area contributed by atoms with Gasteiger partial charge in [0.05, 0.1) is 79.5 Å². The molecule has 9 rings (SSSR count). The second-order valence-electron chi connectivity index (χ2n) is 22.3. The van der Waals surface area contributed by atoms with Crippen LogP contribution in [0.15, 0.2) is 109 Å². The number of ether oxygens (including phenoxy) is 5. The molecule has 0 spiro atoms. The molecule has 0 unspecified atom stereocenters. The Morgan fingerprint density at radius 1 is 0.851 bits per heavy atom. The standard InChI is InChI=1S/C64H73ClFN9O11S/c1-7-54(79)73-20-22-74(23-21-73)60-50-35-51(65)55(49-33-45(76)32-43-10-8-9-11-48(43)49)56(66)57(50)71-63(72-60)69-44-16-18-47(19-17-44)86-31-30-84-27-26-82-24-25-83-28-29-85-37-53(78)70-59(64(4,5)6)62(81)75-36-46(77)34-52(75)61(80)68-39(2)41-12-14-42(15-13-41)58-40(3)67-38-87-58/h7-19,32-33,35,38-39,46,52,59,76-77H,1,20-31,34,36-37H2,2-6H3,(H,68,80)(H,70,78)(H,69,71,72)/t39-,46+,52-,59+/m0/s1. The van der Waals surface area contributed by atoms with Gasteiger partial charge in [0, 0.05) is 55.8 Å². The summed E-state index contributed by atoms with van der Waals surface area (Å²) in [5, 5.41) is 32.3. The maximum absolute atomic E-state index is 17.1. The lowest BCUT2D eigenvalue weighted by Crippen LogP contribution is -2.58. The third-order valence-corrected chi connectivity index (χ3v) is 16.3. The number of likely N-dealkylation sites (tertiary alicyclic amines) is 1. The van der Waals surface area contributed by atoms with E-state index in [4.69, 9.17) is 40.3 Å². The molecule has 4 amide bonds. The summed E-state index contributed by atoms with van der Waals surface area (Å²) in [4.78, 5) is 73.2. The first-order chi connectivity index (χ1) is 41.9. The number of phenols is 1. The van der Waals surface area contributed by atoms with Crippen molar-refractivity contribution in [2.24, 2.45) is 5.41 Å². The molecule has 5 aromatic carbocycles. The van der Waals surface area contributed by atoms with E-state index in [0.29, 0.717) is 91.6 Å². The predicted octanol–water partition coefficient (Wildman–Crippen LogP) is 8.77. The van der Waals surface area contributed by atoms with Gasteiger partial charge in [0.25, 0.3) is 0 Å². The lowest BCUT2D eigenvalue weighted by molar-refractivity contribution is -0.144. The van der Waals surface area contributed by atoms with Crippen molar-refractivity contribution in [3.05, 3.63) is 131 Å². The average molecular weight is 1230 g/mol. The van der Waals surface area contributed by atoms with Crippen molar-refractivity contribution in [3.8, 4) is 33.1 Å². The number of piperazine rings is 1. The first kappa shape index (κ1) is 63.7. The van der Waals surface area contributed by atoms with Gasteiger partial charge >= 0.3 is 0 Å². The van der Waals surface area contributed by atoms with Crippen LogP contribution in [0.5, 0.6) is 11.5 Å². The highest BCUT2D eigenvalue weighted by molar-refractivity contribution is 7.13. The van der Waals surface area contributed by atoms with Crippen molar-refractivity contribution in [2.75, 3.05) is 102 Å². The number of halogens is 2. The molecule has 2 aliphatic heterocycles. The zero-order valence-electron chi connectivity index (χ0n) is 49.4. The van der Waals surface area contributed by atoms with Crippen LogP contribution in [-0.2, 0) is 38.1 Å². The van der Waals surface area contributed by atoms with E-state index in [1.807, 2.05) is 93.6 Å². The van der Waals surface area contributed by atoms with Crippen LogP contribution in [0.3, 0.4) is 0 Å². The number of rotatable bonds is 26. The van der Waals surface area contributed by atoms with Crippen molar-refractivity contribution in [1.82, 2.24) is 35.4 Å². The Hall–Kier alpha value is -7.83. The summed E-state index contributed by atoms with van der Waals surface area (Å²) in [6.07, 6.45) is 0.457. The van der Waals surface area contributed by atoms with Gasteiger partial charge in [0.15, 0.2) is 5.82 Å². The quantitative estimate of drug-likeness (QED) is 0.0251. The van der Waals surface area contributed by atoms with E-state index in [9.17, 15) is 29.4 Å². The van der Waals surface area contributed by atoms with Gasteiger partial charge in [0.2, 0.25) is 29.6 Å². The molecule has 2 aromatic heterocycles. The van der Waals surface area contributed by atoms with Crippen molar-refractivity contribution in [1.29, 1.82) is 0 Å². The fraction of sp³-hybridized carbons (Fsp3) is 0.391. The summed E-state index contributed by atoms with van der Waals surface area (Å²) in [6, 6.07) is 24.8. The van der Waals surface area contributed by atoms with E-state index in [1.54, 1.807) is 52.6 Å². The van der Waals surface area contributed by atoms with Gasteiger partial charge in [-0.25, -0.2) is 14.4 Å². The van der Waals surface area contributed by atoms with Crippen LogP contribution in [0.25, 0.3) is 43.2 Å². The lowest BCUT2D eigenvalue weighted by atomic mass is 9.85. The zero-order chi connectivity index (χ0) is 61.8. The highest BCUT2D eigenvalue weighted by Gasteiger charge is 2.45. The van der Waals surface area contributed by atoms with Gasteiger partial charge < -0.3 is 64.5 Å². The fourth-order valence-corrected chi connectivity index (χ4v) is 11.6. The average Bonchev–Trinajstić information content (AvgIpc) is 1.41. The Labute approximate surface area is 513 Å². The molecule has 20 nitrogen and oxygen atoms in total. The van der Waals surface area contributed by atoms with Crippen molar-refractivity contribution >= 4 is 85.7 Å². The van der Waals surface area contributed by atoms with Crippen molar-refractivity contribution < 1.29 is 57.5 Å². The van der Waals surface area contributed by atoms with E-state index in [0.717, 1.165) is 21.7 Å². The van der Waals surface area contributed by atoms with Crippen LogP contribution >= 0.6 is 22.9 Å². The van der Waals surface area contributed by atoms with Gasteiger partial charge in [-0.1, -0.05) is 87.5 Å². The van der Waals surface area contributed by atoms with Crippen LogP contribution in [0.2, 0.25) is 5.02 Å². The number of aliphatic hydroxyl groups excluding tert-OH is 1. The normalized spacial score (nSPS) is 16.0. The van der Waals surface area contributed by atoms with E-state index in [-0.39, 0.29) is 91.7 Å². The van der Waals surface area contributed by atoms with Crippen molar-refractivity contribution in [3.63, 3.8) is 0 Å². The Morgan fingerprint density at radius 3 is 2.17 bits per heavy atom. The highest BCUT2D eigenvalue weighted by Crippen LogP contribution is 2.43. The molecule has 4 heterocycles. The Morgan fingerprint density at radius 2 is 1.52 bits per heavy atom. The second kappa shape index (κ2) is 29.2. The Bertz CT molecular complexity index is 3560. The van der Waals surface area contributed by atoms with E-state index in [2.05, 4.69) is 32.5 Å². The molecule has 0 aliphatic carbocycles. The molecule has 2 saturated heterocycles. The number of β-amino-alcohol motifs (C(OH)–C–C–N with tert-alkyl or cyclic N) is 1. The summed E-state index contributed by atoms with van der Waals surface area (Å²) < 4.78 is 45.4. The van der Waals surface area contributed by atoms with E-state index >= 15 is 4.39 Å². The number of anilines is 3. The maximum atomic E-state index is 17.1. The number of hydrogen-bond acceptors (Lipinski definition) is 17. The number of aryl methyl sites for hydroxylation is 1. The smallest absolute Gasteiger partial charge is 0.246 e. The maximum Gasteiger partial charge on any atom is 0.246 e. The van der Waals surface area contributed by atoms with Crippen LogP contribution in [0, 0.1) is 18.2 Å². The minimum absolute atomic E-state index is 0.0245. The number of aromatic nitrogens is 3. The molecule has 2 aliphatic rings. The predicted molar refractivity (Wildman–Crippen MR) is 333 cm³/mol. The summed E-state index contributed by atoms with van der Waals surface area (Å²) >= 11 is 8.48. The highest BCUT2D eigenvalue weighted by atomic mass is 35.5. The van der Waals surface area contributed by atoms with Crippen LogP contribution in [0.1, 0.15) is 51.4 Å². The van der Waals surface area contributed by atoms with Gasteiger partial charge in [-0.2, -0.15) is 4.98 Å². The molecular formula is C64H73ClFN9O11S. The summed E-state index contributed by atoms with van der Waals surface area (Å²) in [6.45, 7) is 16.4. The molecule has 4 atom stereocenters. The first-order valence-electron chi connectivity index (χ1n) is 28.8. The number of aliphatic hydroxyl groups is 1. The third-order valence-electron chi connectivity index (χ3n) is 15.1. The number of nitrogens with zero attached hydrogens (tertiary/aromatic N) is 6. The SMILES string of the molecule is C=CC(=O)N1CCN(c2nc(Nc3ccc(OCCOCCOCCOCCOCC(=O)N[C@H](C(=O)N4C[C@H](O)C[C@H]4C(=O)N[C@@H](C)c4ccc(-c5scnc5C)cc4)C(C)(C)C)cc3)nc3c(F)c(-c4cc(O)cc5ccccc45)c(Cl)cc23)CC1. The van der Waals surface area contributed by atoms with E-state index in [1.165, 1.54) is 17.0 Å². The lowest BCUT2D eigenvalue weighted by Gasteiger charge is -2.35. The summed E-state index contributed by atoms with van der Waals surface area (Å²) in [5.41, 5.74) is 5.09. The van der Waals surface area contributed by atoms with Crippen LogP contribution < -0.4 is 25.6 Å². The molecule has 0 bridgehead atoms. The number of benzene rings is 5. The molecule has 460 valence electrons. The topological polar surface area (TPSA) is 239 Å². The number of phenolic OH excluding ortho intramolecular Hbond substituents is 1. The molecule has 87 heavy (non-hydrogen) atoms. The van der Waals surface area contributed by atoms with Gasteiger partial charge in [-0.15, -0.1) is 11.3 Å². The van der Waals surface area contributed by atoms with Crippen molar-refractivity contribution in [2.45, 2.75) is 65.3 Å². The largest absolute Gasteiger partial charge is 0.508 e.